The molecule has 0 saturated carbocycles. The number of aliphatic hydroxyl groups is 6. The van der Waals surface area contributed by atoms with Gasteiger partial charge in [0.25, 0.3) is 0 Å². The number of phosphoric ester groups is 3. The van der Waals surface area contributed by atoms with Gasteiger partial charge in [0, 0.05) is 0 Å². The second-order valence-electron chi connectivity index (χ2n) is 4.74. The second-order valence-corrected chi connectivity index (χ2v) is 8.20. The Labute approximate surface area is 205 Å². The van der Waals surface area contributed by atoms with Crippen LogP contribution in [0.5, 0.6) is 0 Å². The van der Waals surface area contributed by atoms with Gasteiger partial charge in [0.1, 0.15) is 18.3 Å². The van der Waals surface area contributed by atoms with E-state index in [4.69, 9.17) is 30.6 Å². The zero-order valence-electron chi connectivity index (χ0n) is 15.8. The Bertz CT molecular complexity index is 474. The first-order chi connectivity index (χ1) is 13.4. The first-order valence-corrected chi connectivity index (χ1v) is 11.6. The fourth-order valence-electron chi connectivity index (χ4n) is 0.690. The van der Waals surface area contributed by atoms with Crippen LogP contribution < -0.4 is 29.4 Å². The molecule has 190 valence electrons. The molecule has 0 aromatic rings. The third-order valence-electron chi connectivity index (χ3n) is 1.91. The van der Waals surface area contributed by atoms with E-state index in [0.717, 1.165) is 0 Å². The molecule has 0 aromatic carbocycles. The minimum Gasteiger partial charge on any atom is -0.790 e. The largest absolute Gasteiger partial charge is 3.00 e. The van der Waals surface area contributed by atoms with Gasteiger partial charge in [-0.25, -0.2) is 0 Å². The van der Waals surface area contributed by atoms with Crippen molar-refractivity contribution in [2.75, 3.05) is 39.6 Å². The molecular formula is C9H21O18P3V2. The van der Waals surface area contributed by atoms with Crippen molar-refractivity contribution in [1.29, 1.82) is 0 Å². The fraction of sp³-hybridized carbons (Fsp3) is 1.00. The van der Waals surface area contributed by atoms with Gasteiger partial charge in [-0.1, -0.05) is 0 Å². The van der Waals surface area contributed by atoms with Crippen molar-refractivity contribution in [2.45, 2.75) is 18.3 Å². The van der Waals surface area contributed by atoms with Gasteiger partial charge in [-0.15, -0.1) is 0 Å². The molecular weight excluding hydrogens is 591 g/mol. The van der Waals surface area contributed by atoms with Crippen LogP contribution in [0.2, 0.25) is 0 Å². The summed E-state index contributed by atoms with van der Waals surface area (Å²) >= 11 is 0. The predicted molar refractivity (Wildman–Crippen MR) is 80.0 cm³/mol. The van der Waals surface area contributed by atoms with Crippen molar-refractivity contribution in [3.63, 3.8) is 0 Å². The molecule has 23 heteroatoms. The van der Waals surface area contributed by atoms with Gasteiger partial charge < -0.3 is 87.3 Å². The van der Waals surface area contributed by atoms with E-state index in [-0.39, 0.29) is 37.1 Å². The topological polar surface area (TPSA) is 339 Å². The molecule has 0 aliphatic carbocycles. The fourth-order valence-corrected chi connectivity index (χ4v) is 1.75. The first kappa shape index (κ1) is 43.3. The molecule has 3 unspecified atom stereocenters. The molecule has 0 spiro atoms. The molecule has 0 saturated heterocycles. The standard InChI is InChI=1S/3C3H9O6P.2V/c3*4-1-3(5)2-9-10(6,7)8;;/h3*3-5H,1-2H2,(H2,6,7,8);;/q;;;2*+3/p-6. The van der Waals surface area contributed by atoms with E-state index in [0.29, 0.717) is 0 Å². The summed E-state index contributed by atoms with van der Waals surface area (Å²) in [6, 6.07) is 0. The van der Waals surface area contributed by atoms with Crippen molar-refractivity contribution in [3.05, 3.63) is 0 Å². The maximum Gasteiger partial charge on any atom is 3.00 e. The Kier molecular flexibility index (Phi) is 30.8. The van der Waals surface area contributed by atoms with Crippen LogP contribution in [0.4, 0.5) is 0 Å². The summed E-state index contributed by atoms with van der Waals surface area (Å²) in [5.41, 5.74) is 0. The summed E-state index contributed by atoms with van der Waals surface area (Å²) in [5.74, 6) is 0. The molecule has 3 atom stereocenters. The quantitative estimate of drug-likeness (QED) is 0.111. The molecule has 18 nitrogen and oxygen atoms in total. The Morgan fingerprint density at radius 3 is 0.781 bits per heavy atom. The smallest absolute Gasteiger partial charge is 0.790 e. The average molecular weight is 612 g/mol. The van der Waals surface area contributed by atoms with Crippen LogP contribution >= 0.6 is 23.5 Å². The zero-order chi connectivity index (χ0) is 24.6. The summed E-state index contributed by atoms with van der Waals surface area (Å²) in [5, 5.41) is 49.7. The maximum atomic E-state index is 9.71. The van der Waals surface area contributed by atoms with Gasteiger partial charge in [-0.3, -0.25) is 0 Å². The molecule has 0 heterocycles. The van der Waals surface area contributed by atoms with E-state index >= 15 is 0 Å². The molecule has 0 aliphatic rings. The zero-order valence-corrected chi connectivity index (χ0v) is 21.3. The summed E-state index contributed by atoms with van der Waals surface area (Å²) in [6.07, 6.45) is -3.97. The Hall–Kier alpha value is 1.26. The minimum atomic E-state index is -5.00. The third-order valence-corrected chi connectivity index (χ3v) is 3.30. The Morgan fingerprint density at radius 1 is 0.531 bits per heavy atom. The van der Waals surface area contributed by atoms with Crippen molar-refractivity contribution >= 4 is 23.5 Å². The van der Waals surface area contributed by atoms with E-state index in [1.54, 1.807) is 0 Å². The van der Waals surface area contributed by atoms with E-state index in [9.17, 15) is 43.1 Å². The molecule has 0 fully saturated rings. The number of aliphatic hydroxyl groups excluding tert-OH is 6. The summed E-state index contributed by atoms with van der Waals surface area (Å²) < 4.78 is 40.0. The van der Waals surface area contributed by atoms with Crippen molar-refractivity contribution in [3.8, 4) is 0 Å². The number of hydrogen-bond donors (Lipinski definition) is 6. The normalized spacial score (nSPS) is 14.2. The van der Waals surface area contributed by atoms with Gasteiger partial charge >= 0.3 is 37.1 Å². The Morgan fingerprint density at radius 2 is 0.688 bits per heavy atom. The van der Waals surface area contributed by atoms with Crippen LogP contribution in [0.25, 0.3) is 0 Å². The van der Waals surface area contributed by atoms with Crippen LogP contribution in [0.15, 0.2) is 0 Å². The van der Waals surface area contributed by atoms with Crippen LogP contribution in [0, 0.1) is 0 Å². The molecule has 6 N–H and O–H groups in total. The second kappa shape index (κ2) is 22.7. The van der Waals surface area contributed by atoms with Gasteiger partial charge in [-0.2, -0.15) is 0 Å². The maximum absolute atomic E-state index is 9.71. The monoisotopic (exact) mass is 612 g/mol. The van der Waals surface area contributed by atoms with Crippen LogP contribution in [0.1, 0.15) is 0 Å². The molecule has 32 heavy (non-hydrogen) atoms. The number of hydrogen-bond acceptors (Lipinski definition) is 18. The molecule has 0 aromatic heterocycles. The van der Waals surface area contributed by atoms with E-state index in [1.807, 2.05) is 0 Å². The summed E-state index contributed by atoms with van der Waals surface area (Å²) in [4.78, 5) is 58.3. The van der Waals surface area contributed by atoms with E-state index < -0.39 is 81.4 Å². The van der Waals surface area contributed by atoms with Crippen LogP contribution in [-0.4, -0.2) is 88.6 Å². The number of rotatable bonds is 12. The number of phosphoric acid groups is 3. The molecule has 0 radical (unpaired) electrons. The van der Waals surface area contributed by atoms with Gasteiger partial charge in [0.15, 0.2) is 0 Å². The molecule has 0 bridgehead atoms. The summed E-state index contributed by atoms with van der Waals surface area (Å²) in [6.45, 7) is -4.00. The summed E-state index contributed by atoms with van der Waals surface area (Å²) in [7, 11) is -15.0. The van der Waals surface area contributed by atoms with Gasteiger partial charge in [0.2, 0.25) is 0 Å². The van der Waals surface area contributed by atoms with Crippen molar-refractivity contribution in [2.24, 2.45) is 0 Å². The van der Waals surface area contributed by atoms with Crippen molar-refractivity contribution < 1.29 is 124 Å². The molecule has 0 aliphatic heterocycles. The molecule has 0 amide bonds. The Balaban J connectivity index is -0.000000110. The minimum absolute atomic E-state index is 0. The van der Waals surface area contributed by atoms with Crippen LogP contribution in [-0.2, 0) is 64.4 Å². The van der Waals surface area contributed by atoms with Gasteiger partial charge in [0.05, 0.1) is 63.1 Å². The first-order valence-electron chi connectivity index (χ1n) is 7.23. The average Bonchev–Trinajstić information content (AvgIpc) is 2.61. The van der Waals surface area contributed by atoms with Gasteiger partial charge in [-0.05, 0) is 0 Å². The van der Waals surface area contributed by atoms with E-state index in [1.165, 1.54) is 0 Å². The SMILES string of the molecule is O=P([O-])([O-])OCC(O)CO.O=P([O-])([O-])OCC(O)CO.O=P([O-])([O-])OCC(O)CO.[V+3].[V+3]. The van der Waals surface area contributed by atoms with E-state index in [2.05, 4.69) is 13.6 Å². The third kappa shape index (κ3) is 44.9. The predicted octanol–water partition coefficient (Wildman–Crippen LogP) is -8.45. The molecule has 0 rings (SSSR count). The van der Waals surface area contributed by atoms with Crippen molar-refractivity contribution in [1.82, 2.24) is 0 Å². The van der Waals surface area contributed by atoms with Crippen LogP contribution in [0.3, 0.4) is 0 Å².